The quantitative estimate of drug-likeness (QED) is 0.597. The predicted octanol–water partition coefficient (Wildman–Crippen LogP) is 2.64. The van der Waals surface area contributed by atoms with Crippen molar-refractivity contribution >= 4 is 23.3 Å². The molecule has 5 heteroatoms. The molecule has 0 radical (unpaired) electrons. The lowest BCUT2D eigenvalue weighted by Gasteiger charge is -2.27. The molecule has 0 N–H and O–H groups in total. The molecular weight excluding hydrogens is 284 g/mol. The van der Waals surface area contributed by atoms with Gasteiger partial charge in [0.2, 0.25) is 0 Å². The lowest BCUT2D eigenvalue weighted by molar-refractivity contribution is -0.154. The van der Waals surface area contributed by atoms with Crippen molar-refractivity contribution < 1.29 is 23.9 Å². The van der Waals surface area contributed by atoms with Gasteiger partial charge < -0.3 is 9.47 Å². The van der Waals surface area contributed by atoms with Crippen molar-refractivity contribution in [3.05, 3.63) is 42.0 Å². The van der Waals surface area contributed by atoms with E-state index in [-0.39, 0.29) is 17.7 Å². The minimum atomic E-state index is -1.56. The first-order valence-electron chi connectivity index (χ1n) is 6.86. The van der Waals surface area contributed by atoms with E-state index in [1.165, 1.54) is 21.0 Å². The molecule has 1 aromatic rings. The topological polar surface area (TPSA) is 69.7 Å². The molecule has 0 fully saturated rings. The van der Waals surface area contributed by atoms with E-state index in [4.69, 9.17) is 9.47 Å². The van der Waals surface area contributed by atoms with Gasteiger partial charge in [0, 0.05) is 0 Å². The first-order valence-corrected chi connectivity index (χ1v) is 6.86. The molecule has 0 bridgehead atoms. The predicted molar refractivity (Wildman–Crippen MR) is 82.2 cm³/mol. The van der Waals surface area contributed by atoms with Crippen LogP contribution in [0.15, 0.2) is 30.8 Å². The molecule has 0 heterocycles. The highest BCUT2D eigenvalue weighted by atomic mass is 16.5. The summed E-state index contributed by atoms with van der Waals surface area (Å²) in [6.07, 6.45) is 0. The van der Waals surface area contributed by atoms with E-state index in [1.807, 2.05) is 0 Å². The highest BCUT2D eigenvalue weighted by Gasteiger charge is 2.44. The van der Waals surface area contributed by atoms with Gasteiger partial charge in [-0.25, -0.2) is 4.79 Å². The average Bonchev–Trinajstić information content (AvgIpc) is 2.52. The van der Waals surface area contributed by atoms with Crippen LogP contribution in [-0.2, 0) is 19.1 Å². The van der Waals surface area contributed by atoms with Crippen LogP contribution in [0.3, 0.4) is 0 Å². The number of hydrogen-bond donors (Lipinski definition) is 0. The molecule has 0 aromatic heterocycles. The van der Waals surface area contributed by atoms with Crippen molar-refractivity contribution in [2.75, 3.05) is 13.7 Å². The van der Waals surface area contributed by atoms with Crippen molar-refractivity contribution in [2.45, 2.75) is 20.8 Å². The number of esters is 2. The number of ketones is 1. The first kappa shape index (κ1) is 17.6. The molecule has 0 amide bonds. The van der Waals surface area contributed by atoms with Crippen LogP contribution in [0.25, 0.3) is 5.57 Å². The molecule has 22 heavy (non-hydrogen) atoms. The Morgan fingerprint density at radius 3 is 2.18 bits per heavy atom. The summed E-state index contributed by atoms with van der Waals surface area (Å²) in [5, 5.41) is 0. The van der Waals surface area contributed by atoms with E-state index < -0.39 is 23.1 Å². The molecule has 0 aliphatic carbocycles. The second-order valence-corrected chi connectivity index (χ2v) is 4.92. The molecule has 1 rings (SSSR count). The summed E-state index contributed by atoms with van der Waals surface area (Å²) in [5.74, 6) is -1.66. The van der Waals surface area contributed by atoms with Crippen LogP contribution in [0.4, 0.5) is 0 Å². The van der Waals surface area contributed by atoms with Gasteiger partial charge in [0.15, 0.2) is 5.78 Å². The molecular formula is C17H20O5. The standard InChI is InChI=1S/C17H20O5/c1-6-22-16(20)17(4,12(3)18)11(2)13-9-7-8-10-14(13)15(19)21-5/h7-10H,2,6H2,1,3-5H3. The summed E-state index contributed by atoms with van der Waals surface area (Å²) >= 11 is 0. The van der Waals surface area contributed by atoms with Crippen molar-refractivity contribution in [1.29, 1.82) is 0 Å². The van der Waals surface area contributed by atoms with E-state index in [9.17, 15) is 14.4 Å². The van der Waals surface area contributed by atoms with Gasteiger partial charge in [0.1, 0.15) is 5.41 Å². The minimum Gasteiger partial charge on any atom is -0.465 e. The van der Waals surface area contributed by atoms with Gasteiger partial charge >= 0.3 is 11.9 Å². The van der Waals surface area contributed by atoms with Crippen molar-refractivity contribution in [1.82, 2.24) is 0 Å². The second kappa shape index (κ2) is 7.02. The maximum atomic E-state index is 12.3. The van der Waals surface area contributed by atoms with Crippen molar-refractivity contribution in [3.63, 3.8) is 0 Å². The molecule has 0 aliphatic heterocycles. The van der Waals surface area contributed by atoms with Gasteiger partial charge in [-0.05, 0) is 38.0 Å². The number of benzene rings is 1. The number of hydrogen-bond acceptors (Lipinski definition) is 5. The van der Waals surface area contributed by atoms with E-state index in [2.05, 4.69) is 6.58 Å². The zero-order valence-electron chi connectivity index (χ0n) is 13.3. The number of carbonyl (C=O) groups is 3. The Morgan fingerprint density at radius 1 is 1.18 bits per heavy atom. The zero-order chi connectivity index (χ0) is 16.9. The fraction of sp³-hybridized carbons (Fsp3) is 0.353. The highest BCUT2D eigenvalue weighted by Crippen LogP contribution is 2.37. The molecule has 1 atom stereocenters. The smallest absolute Gasteiger partial charge is 0.338 e. The third-order valence-corrected chi connectivity index (χ3v) is 3.65. The number of Topliss-reactive ketones (excluding diaryl/α,β-unsaturated/α-hetero) is 1. The highest BCUT2D eigenvalue weighted by molar-refractivity contribution is 6.14. The third-order valence-electron chi connectivity index (χ3n) is 3.65. The minimum absolute atomic E-state index is 0.146. The Hall–Kier alpha value is -2.43. The Labute approximate surface area is 129 Å². The van der Waals surface area contributed by atoms with Crippen LogP contribution < -0.4 is 0 Å². The Balaban J connectivity index is 3.42. The maximum absolute atomic E-state index is 12.3. The zero-order valence-corrected chi connectivity index (χ0v) is 13.3. The summed E-state index contributed by atoms with van der Waals surface area (Å²) in [6, 6.07) is 6.53. The van der Waals surface area contributed by atoms with E-state index >= 15 is 0 Å². The van der Waals surface area contributed by atoms with Crippen molar-refractivity contribution in [3.8, 4) is 0 Å². The first-order chi connectivity index (χ1) is 10.3. The van der Waals surface area contributed by atoms with Crippen LogP contribution in [0.5, 0.6) is 0 Å². The summed E-state index contributed by atoms with van der Waals surface area (Å²) in [6.45, 7) is 8.41. The summed E-state index contributed by atoms with van der Waals surface area (Å²) in [4.78, 5) is 36.2. The normalized spacial score (nSPS) is 12.9. The number of ether oxygens (including phenoxy) is 2. The lowest BCUT2D eigenvalue weighted by atomic mass is 9.75. The Bertz CT molecular complexity index is 617. The van der Waals surface area contributed by atoms with Crippen LogP contribution in [0.1, 0.15) is 36.7 Å². The molecule has 0 saturated heterocycles. The van der Waals surface area contributed by atoms with Gasteiger partial charge in [-0.15, -0.1) is 0 Å². The molecule has 0 aliphatic rings. The summed E-state index contributed by atoms with van der Waals surface area (Å²) < 4.78 is 9.73. The molecule has 5 nitrogen and oxygen atoms in total. The fourth-order valence-electron chi connectivity index (χ4n) is 2.06. The van der Waals surface area contributed by atoms with E-state index in [0.717, 1.165) is 0 Å². The summed E-state index contributed by atoms with van der Waals surface area (Å²) in [5.41, 5.74) is -0.716. The molecule has 118 valence electrons. The Morgan fingerprint density at radius 2 is 1.73 bits per heavy atom. The molecule has 1 unspecified atom stereocenters. The fourth-order valence-corrected chi connectivity index (χ4v) is 2.06. The van der Waals surface area contributed by atoms with Crippen LogP contribution >= 0.6 is 0 Å². The SMILES string of the molecule is C=C(c1ccccc1C(=O)OC)C(C)(C(C)=O)C(=O)OCC. The van der Waals surface area contributed by atoms with Crippen molar-refractivity contribution in [2.24, 2.45) is 5.41 Å². The number of methoxy groups -OCH3 is 1. The Kier molecular flexibility index (Phi) is 5.63. The monoisotopic (exact) mass is 304 g/mol. The number of rotatable bonds is 6. The van der Waals surface area contributed by atoms with Crippen LogP contribution in [0, 0.1) is 5.41 Å². The van der Waals surface area contributed by atoms with Gasteiger partial charge in [0.05, 0.1) is 19.3 Å². The van der Waals surface area contributed by atoms with Crippen LogP contribution in [-0.4, -0.2) is 31.4 Å². The second-order valence-electron chi connectivity index (χ2n) is 4.92. The van der Waals surface area contributed by atoms with Crippen LogP contribution in [0.2, 0.25) is 0 Å². The van der Waals surface area contributed by atoms with E-state index in [1.54, 1.807) is 31.2 Å². The molecule has 0 saturated carbocycles. The van der Waals surface area contributed by atoms with Gasteiger partial charge in [-0.2, -0.15) is 0 Å². The molecule has 0 spiro atoms. The van der Waals surface area contributed by atoms with Gasteiger partial charge in [0.25, 0.3) is 0 Å². The number of carbonyl (C=O) groups excluding carboxylic acids is 3. The van der Waals surface area contributed by atoms with Gasteiger partial charge in [-0.1, -0.05) is 24.8 Å². The lowest BCUT2D eigenvalue weighted by Crippen LogP contribution is -2.38. The summed E-state index contributed by atoms with van der Waals surface area (Å²) in [7, 11) is 1.26. The average molecular weight is 304 g/mol. The maximum Gasteiger partial charge on any atom is 0.338 e. The van der Waals surface area contributed by atoms with Gasteiger partial charge in [-0.3, -0.25) is 9.59 Å². The largest absolute Gasteiger partial charge is 0.465 e. The molecule has 1 aromatic carbocycles. The van der Waals surface area contributed by atoms with E-state index in [0.29, 0.717) is 5.56 Å². The third kappa shape index (κ3) is 3.08.